The van der Waals surface area contributed by atoms with Crippen molar-refractivity contribution in [2.45, 2.75) is 51.7 Å². The van der Waals surface area contributed by atoms with Gasteiger partial charge in [-0.3, -0.25) is 9.69 Å². The Bertz CT molecular complexity index is 418. The molecule has 2 rings (SSSR count). The topological polar surface area (TPSA) is 29.3 Å². The monoisotopic (exact) mass is 261 g/mol. The van der Waals surface area contributed by atoms with Crippen LogP contribution in [0.3, 0.4) is 0 Å². The van der Waals surface area contributed by atoms with E-state index in [4.69, 9.17) is 4.74 Å². The molecule has 1 fully saturated rings. The number of ether oxygens (including phenoxy) is 1. The molecule has 19 heavy (non-hydrogen) atoms. The fourth-order valence-corrected chi connectivity index (χ4v) is 2.84. The van der Waals surface area contributed by atoms with Gasteiger partial charge in [0.1, 0.15) is 6.04 Å². The molecule has 1 aromatic rings. The van der Waals surface area contributed by atoms with E-state index in [9.17, 15) is 4.79 Å². The second kappa shape index (κ2) is 6.20. The molecule has 3 nitrogen and oxygen atoms in total. The van der Waals surface area contributed by atoms with Crippen LogP contribution in [0, 0.1) is 0 Å². The molecule has 4 atom stereocenters. The minimum atomic E-state index is -0.0660. The summed E-state index contributed by atoms with van der Waals surface area (Å²) in [4.78, 5) is 14.2. The minimum Gasteiger partial charge on any atom is -0.465 e. The highest BCUT2D eigenvalue weighted by molar-refractivity contribution is 5.80. The Morgan fingerprint density at radius 2 is 2.00 bits per heavy atom. The Morgan fingerprint density at radius 3 is 2.58 bits per heavy atom. The summed E-state index contributed by atoms with van der Waals surface area (Å²) in [5.74, 6) is -0.0660. The molecule has 1 heterocycles. The molecule has 0 aliphatic carbocycles. The van der Waals surface area contributed by atoms with Crippen LogP contribution in [0.5, 0.6) is 0 Å². The van der Waals surface area contributed by atoms with Crippen LogP contribution in [0.15, 0.2) is 30.3 Å². The van der Waals surface area contributed by atoms with Crippen LogP contribution in [0.4, 0.5) is 0 Å². The minimum absolute atomic E-state index is 0.0462. The van der Waals surface area contributed by atoms with E-state index < -0.39 is 0 Å². The van der Waals surface area contributed by atoms with Crippen molar-refractivity contribution < 1.29 is 9.53 Å². The predicted octanol–water partition coefficient (Wildman–Crippen LogP) is 3.16. The highest BCUT2D eigenvalue weighted by atomic mass is 16.5. The molecule has 1 aliphatic heterocycles. The lowest BCUT2D eigenvalue weighted by Gasteiger charge is -2.15. The zero-order chi connectivity index (χ0) is 13.8. The van der Waals surface area contributed by atoms with Gasteiger partial charge in [-0.15, -0.1) is 0 Å². The summed E-state index contributed by atoms with van der Waals surface area (Å²) in [7, 11) is 0. The first-order valence-electron chi connectivity index (χ1n) is 7.19. The zero-order valence-electron chi connectivity index (χ0n) is 12.0. The van der Waals surface area contributed by atoms with Crippen molar-refractivity contribution in [2.75, 3.05) is 6.61 Å². The van der Waals surface area contributed by atoms with Gasteiger partial charge in [-0.05, 0) is 25.8 Å². The first kappa shape index (κ1) is 14.1. The third-order valence-corrected chi connectivity index (χ3v) is 3.82. The largest absolute Gasteiger partial charge is 0.465 e. The van der Waals surface area contributed by atoms with Crippen molar-refractivity contribution in [1.82, 2.24) is 4.90 Å². The van der Waals surface area contributed by atoms with Gasteiger partial charge in [-0.2, -0.15) is 0 Å². The number of carbonyl (C=O) groups excluding carboxylic acids is 1. The zero-order valence-corrected chi connectivity index (χ0v) is 12.0. The van der Waals surface area contributed by atoms with E-state index in [-0.39, 0.29) is 18.1 Å². The number of benzene rings is 1. The van der Waals surface area contributed by atoms with Crippen LogP contribution in [0.1, 0.15) is 45.2 Å². The molecule has 0 radical (unpaired) electrons. The average Bonchev–Trinajstić information content (AvgIpc) is 3.14. The maximum absolute atomic E-state index is 12.0. The van der Waals surface area contributed by atoms with Gasteiger partial charge in [0.15, 0.2) is 0 Å². The lowest BCUT2D eigenvalue weighted by atomic mass is 10.1. The number of rotatable bonds is 6. The molecule has 0 bridgehead atoms. The molecule has 1 saturated heterocycles. The van der Waals surface area contributed by atoms with Gasteiger partial charge in [0.05, 0.1) is 6.61 Å². The Kier molecular flexibility index (Phi) is 4.59. The van der Waals surface area contributed by atoms with Crippen LogP contribution >= 0.6 is 0 Å². The maximum Gasteiger partial charge on any atom is 0.325 e. The summed E-state index contributed by atoms with van der Waals surface area (Å²) in [6.45, 7) is 6.64. The van der Waals surface area contributed by atoms with Gasteiger partial charge in [-0.25, -0.2) is 0 Å². The van der Waals surface area contributed by atoms with Crippen molar-refractivity contribution in [2.24, 2.45) is 0 Å². The van der Waals surface area contributed by atoms with Crippen LogP contribution in [0.2, 0.25) is 0 Å². The van der Waals surface area contributed by atoms with Gasteiger partial charge in [0.25, 0.3) is 0 Å². The first-order valence-corrected chi connectivity index (χ1v) is 7.19. The number of carbonyl (C=O) groups is 1. The highest BCUT2D eigenvalue weighted by Crippen LogP contribution is 2.41. The molecule has 104 valence electrons. The van der Waals surface area contributed by atoms with Crippen LogP contribution < -0.4 is 0 Å². The van der Waals surface area contributed by atoms with E-state index >= 15 is 0 Å². The van der Waals surface area contributed by atoms with Crippen molar-refractivity contribution >= 4 is 5.97 Å². The molecule has 0 aromatic heterocycles. The Labute approximate surface area is 115 Å². The highest BCUT2D eigenvalue weighted by Gasteiger charge is 2.54. The predicted molar refractivity (Wildman–Crippen MR) is 75.8 cm³/mol. The molecule has 0 amide bonds. The Hall–Kier alpha value is -1.35. The van der Waals surface area contributed by atoms with Crippen molar-refractivity contribution in [3.8, 4) is 0 Å². The summed E-state index contributed by atoms with van der Waals surface area (Å²) >= 11 is 0. The number of hydrogen-bond acceptors (Lipinski definition) is 3. The molecule has 1 unspecified atom stereocenters. The van der Waals surface area contributed by atoms with E-state index in [1.165, 1.54) is 5.56 Å². The standard InChI is InChI=1S/C16H23NO2/c1-4-9-14-15(16(18)19-5-2)17(14)12(3)13-10-7-6-8-11-13/h6-8,10-12,14-15H,4-5,9H2,1-3H3/t12-,14+,15+,17?/m1/s1. The summed E-state index contributed by atoms with van der Waals surface area (Å²) in [6, 6.07) is 10.9. The fourth-order valence-electron chi connectivity index (χ4n) is 2.84. The van der Waals surface area contributed by atoms with E-state index in [1.807, 2.05) is 25.1 Å². The molecule has 0 spiro atoms. The fraction of sp³-hybridized carbons (Fsp3) is 0.562. The summed E-state index contributed by atoms with van der Waals surface area (Å²) in [5, 5.41) is 0. The molecule has 3 heteroatoms. The molecule has 1 aliphatic rings. The van der Waals surface area contributed by atoms with E-state index in [2.05, 4.69) is 30.9 Å². The van der Waals surface area contributed by atoms with Gasteiger partial charge in [0.2, 0.25) is 0 Å². The molecule has 0 saturated carbocycles. The lowest BCUT2D eigenvalue weighted by Crippen LogP contribution is -2.18. The summed E-state index contributed by atoms with van der Waals surface area (Å²) < 4.78 is 5.18. The Morgan fingerprint density at radius 1 is 1.32 bits per heavy atom. The second-order valence-electron chi connectivity index (χ2n) is 5.09. The third kappa shape index (κ3) is 2.98. The van der Waals surface area contributed by atoms with Gasteiger partial charge >= 0.3 is 5.97 Å². The van der Waals surface area contributed by atoms with Crippen molar-refractivity contribution in [3.05, 3.63) is 35.9 Å². The van der Waals surface area contributed by atoms with Crippen LogP contribution in [-0.4, -0.2) is 29.6 Å². The quantitative estimate of drug-likeness (QED) is 0.582. The lowest BCUT2D eigenvalue weighted by molar-refractivity contribution is -0.143. The average molecular weight is 261 g/mol. The van der Waals surface area contributed by atoms with E-state index in [1.54, 1.807) is 0 Å². The molecular weight excluding hydrogens is 238 g/mol. The van der Waals surface area contributed by atoms with E-state index in [0.29, 0.717) is 12.6 Å². The summed E-state index contributed by atoms with van der Waals surface area (Å²) in [5.41, 5.74) is 1.26. The maximum atomic E-state index is 12.0. The first-order chi connectivity index (χ1) is 9.20. The van der Waals surface area contributed by atoms with Gasteiger partial charge < -0.3 is 4.74 Å². The second-order valence-corrected chi connectivity index (χ2v) is 5.09. The smallest absolute Gasteiger partial charge is 0.325 e. The van der Waals surface area contributed by atoms with Crippen LogP contribution in [0.25, 0.3) is 0 Å². The SMILES string of the molecule is CCC[C@H]1[C@@H](C(=O)OCC)N1[C@H](C)c1ccccc1. The van der Waals surface area contributed by atoms with Crippen molar-refractivity contribution in [3.63, 3.8) is 0 Å². The van der Waals surface area contributed by atoms with Crippen LogP contribution in [-0.2, 0) is 9.53 Å². The van der Waals surface area contributed by atoms with E-state index in [0.717, 1.165) is 12.8 Å². The van der Waals surface area contributed by atoms with Crippen molar-refractivity contribution in [1.29, 1.82) is 0 Å². The normalized spacial score (nSPS) is 26.8. The third-order valence-electron chi connectivity index (χ3n) is 3.82. The Balaban J connectivity index is 2.08. The number of nitrogens with zero attached hydrogens (tertiary/aromatic N) is 1. The number of hydrogen-bond donors (Lipinski definition) is 0. The molecule has 1 aromatic carbocycles. The molecular formula is C16H23NO2. The summed E-state index contributed by atoms with van der Waals surface area (Å²) in [6.07, 6.45) is 2.15. The van der Waals surface area contributed by atoms with Gasteiger partial charge in [0, 0.05) is 12.1 Å². The van der Waals surface area contributed by atoms with Gasteiger partial charge in [-0.1, -0.05) is 43.7 Å². The number of esters is 1. The molecule has 0 N–H and O–H groups in total.